The molecule has 0 spiro atoms. The quantitative estimate of drug-likeness (QED) is 0.838. The number of rotatable bonds is 3. The molecule has 2 rings (SSSR count). The summed E-state index contributed by atoms with van der Waals surface area (Å²) in [7, 11) is 0. The second-order valence-electron chi connectivity index (χ2n) is 3.57. The first kappa shape index (κ1) is 10.2. The first-order valence-corrected chi connectivity index (χ1v) is 6.16. The minimum Gasteiger partial charge on any atom is -0.361 e. The lowest BCUT2D eigenvalue weighted by atomic mass is 10.00. The number of hydrogen-bond acceptors (Lipinski definition) is 4. The number of nitrogens with one attached hydrogen (secondary N) is 2. The molecule has 1 aromatic heterocycles. The van der Waals surface area contributed by atoms with Crippen molar-refractivity contribution >= 4 is 28.1 Å². The van der Waals surface area contributed by atoms with E-state index in [9.17, 15) is 0 Å². The van der Waals surface area contributed by atoms with Crippen molar-refractivity contribution in [3.63, 3.8) is 0 Å². The maximum Gasteiger partial charge on any atom is 0.184 e. The minimum absolute atomic E-state index is 0.583. The Morgan fingerprint density at radius 3 is 3.29 bits per heavy atom. The van der Waals surface area contributed by atoms with E-state index < -0.39 is 0 Å². The number of halogens is 1. The lowest BCUT2D eigenvalue weighted by molar-refractivity contribution is 0.393. The van der Waals surface area contributed by atoms with Crippen LogP contribution in [-0.2, 0) is 0 Å². The summed E-state index contributed by atoms with van der Waals surface area (Å²) < 4.78 is 0. The Bertz CT molecular complexity index is 283. The topological polar surface area (TPSA) is 37.0 Å². The van der Waals surface area contributed by atoms with Crippen LogP contribution in [0, 0.1) is 5.92 Å². The van der Waals surface area contributed by atoms with Crippen molar-refractivity contribution in [1.82, 2.24) is 10.3 Å². The van der Waals surface area contributed by atoms with Gasteiger partial charge in [-0.25, -0.2) is 4.98 Å². The molecule has 0 saturated carbocycles. The van der Waals surface area contributed by atoms with Gasteiger partial charge in [0.25, 0.3) is 0 Å². The third-order valence-corrected chi connectivity index (χ3v) is 3.54. The van der Waals surface area contributed by atoms with Gasteiger partial charge in [0.2, 0.25) is 0 Å². The Kier molecular flexibility index (Phi) is 3.61. The van der Waals surface area contributed by atoms with Gasteiger partial charge in [-0.15, -0.1) is 11.3 Å². The molecule has 0 aromatic carbocycles. The summed E-state index contributed by atoms with van der Waals surface area (Å²) in [6.45, 7) is 3.28. The summed E-state index contributed by atoms with van der Waals surface area (Å²) in [5, 5.41) is 10.1. The molecule has 0 radical (unpaired) electrons. The Balaban J connectivity index is 1.76. The summed E-state index contributed by atoms with van der Waals surface area (Å²) in [6, 6.07) is 0. The molecule has 1 aliphatic heterocycles. The molecule has 0 aliphatic carbocycles. The maximum atomic E-state index is 5.73. The van der Waals surface area contributed by atoms with Gasteiger partial charge in [0.15, 0.2) is 5.13 Å². The molecule has 5 heteroatoms. The third-order valence-electron chi connectivity index (χ3n) is 2.42. The van der Waals surface area contributed by atoms with Crippen molar-refractivity contribution < 1.29 is 0 Å². The lowest BCUT2D eigenvalue weighted by Crippen LogP contribution is -2.33. The number of piperidine rings is 1. The lowest BCUT2D eigenvalue weighted by Gasteiger charge is -2.22. The predicted octanol–water partition coefficient (Wildman–Crippen LogP) is 2.21. The molecule has 1 aromatic rings. The zero-order valence-corrected chi connectivity index (χ0v) is 9.50. The zero-order valence-electron chi connectivity index (χ0n) is 7.92. The summed E-state index contributed by atoms with van der Waals surface area (Å²) in [5.74, 6) is 0.728. The highest BCUT2D eigenvalue weighted by atomic mass is 35.5. The predicted molar refractivity (Wildman–Crippen MR) is 61.2 cm³/mol. The van der Waals surface area contributed by atoms with E-state index >= 15 is 0 Å². The first-order chi connectivity index (χ1) is 6.84. The second kappa shape index (κ2) is 4.96. The third kappa shape index (κ3) is 2.83. The fourth-order valence-electron chi connectivity index (χ4n) is 1.67. The number of aromatic nitrogens is 1. The van der Waals surface area contributed by atoms with Crippen LogP contribution >= 0.6 is 22.9 Å². The van der Waals surface area contributed by atoms with Crippen molar-refractivity contribution in [1.29, 1.82) is 0 Å². The van der Waals surface area contributed by atoms with Crippen LogP contribution in [0.5, 0.6) is 0 Å². The fourth-order valence-corrected chi connectivity index (χ4v) is 2.51. The molecule has 1 fully saturated rings. The smallest absolute Gasteiger partial charge is 0.184 e. The summed E-state index contributed by atoms with van der Waals surface area (Å²) in [6.07, 6.45) is 2.59. The van der Waals surface area contributed by atoms with Crippen molar-refractivity contribution in [2.24, 2.45) is 5.92 Å². The first-order valence-electron chi connectivity index (χ1n) is 4.90. The highest BCUT2D eigenvalue weighted by molar-refractivity contribution is 7.14. The van der Waals surface area contributed by atoms with Gasteiger partial charge in [-0.1, -0.05) is 11.6 Å². The van der Waals surface area contributed by atoms with Crippen molar-refractivity contribution in [2.45, 2.75) is 12.8 Å². The molecule has 2 heterocycles. The molecule has 0 bridgehead atoms. The number of hydrogen-bond donors (Lipinski definition) is 2. The van der Waals surface area contributed by atoms with Gasteiger partial charge >= 0.3 is 0 Å². The largest absolute Gasteiger partial charge is 0.361 e. The summed E-state index contributed by atoms with van der Waals surface area (Å²) in [4.78, 5) is 4.15. The van der Waals surface area contributed by atoms with Gasteiger partial charge in [-0.05, 0) is 31.8 Å². The van der Waals surface area contributed by atoms with Crippen LogP contribution in [-0.4, -0.2) is 24.6 Å². The number of thiazole rings is 1. The molecule has 2 N–H and O–H groups in total. The van der Waals surface area contributed by atoms with E-state index in [0.717, 1.165) is 24.1 Å². The van der Waals surface area contributed by atoms with Crippen LogP contribution in [0.15, 0.2) is 5.38 Å². The van der Waals surface area contributed by atoms with Gasteiger partial charge in [0.1, 0.15) is 5.15 Å². The van der Waals surface area contributed by atoms with E-state index in [-0.39, 0.29) is 0 Å². The molecule has 1 atom stereocenters. The van der Waals surface area contributed by atoms with Crippen LogP contribution in [0.2, 0.25) is 5.15 Å². The Morgan fingerprint density at radius 1 is 1.71 bits per heavy atom. The molecule has 1 aliphatic rings. The molecule has 1 saturated heterocycles. The molecule has 0 amide bonds. The van der Waals surface area contributed by atoms with E-state index in [1.165, 1.54) is 19.4 Å². The monoisotopic (exact) mass is 231 g/mol. The number of anilines is 1. The fraction of sp³-hybridized carbons (Fsp3) is 0.667. The van der Waals surface area contributed by atoms with Crippen LogP contribution < -0.4 is 10.6 Å². The van der Waals surface area contributed by atoms with Crippen molar-refractivity contribution in [3.8, 4) is 0 Å². The maximum absolute atomic E-state index is 5.73. The Hall–Kier alpha value is -0.320. The molecule has 14 heavy (non-hydrogen) atoms. The number of nitrogens with zero attached hydrogens (tertiary/aromatic N) is 1. The van der Waals surface area contributed by atoms with E-state index in [2.05, 4.69) is 15.6 Å². The molecular formula is C9H14ClN3S. The average molecular weight is 232 g/mol. The average Bonchev–Trinajstić information content (AvgIpc) is 2.63. The van der Waals surface area contributed by atoms with Crippen LogP contribution in [0.4, 0.5) is 5.13 Å². The Morgan fingerprint density at radius 2 is 2.64 bits per heavy atom. The van der Waals surface area contributed by atoms with Gasteiger partial charge in [0, 0.05) is 11.9 Å². The summed E-state index contributed by atoms with van der Waals surface area (Å²) >= 11 is 7.29. The minimum atomic E-state index is 0.583. The molecule has 3 nitrogen and oxygen atoms in total. The van der Waals surface area contributed by atoms with E-state index in [1.807, 2.05) is 5.38 Å². The highest BCUT2D eigenvalue weighted by Gasteiger charge is 2.12. The van der Waals surface area contributed by atoms with Crippen LogP contribution in [0.1, 0.15) is 12.8 Å². The highest BCUT2D eigenvalue weighted by Crippen LogP contribution is 2.19. The van der Waals surface area contributed by atoms with Gasteiger partial charge < -0.3 is 10.6 Å². The van der Waals surface area contributed by atoms with Gasteiger partial charge in [0.05, 0.1) is 0 Å². The normalized spacial score (nSPS) is 22.2. The van der Waals surface area contributed by atoms with Crippen molar-refractivity contribution in [2.75, 3.05) is 25.0 Å². The molecule has 1 unspecified atom stereocenters. The molecule has 78 valence electrons. The second-order valence-corrected chi connectivity index (χ2v) is 4.81. The van der Waals surface area contributed by atoms with Gasteiger partial charge in [-0.3, -0.25) is 0 Å². The SMILES string of the molecule is Clc1csc(NCC2CCCNC2)n1. The molecular weight excluding hydrogens is 218 g/mol. The van der Waals surface area contributed by atoms with Crippen molar-refractivity contribution in [3.05, 3.63) is 10.5 Å². The van der Waals surface area contributed by atoms with Crippen LogP contribution in [0.3, 0.4) is 0 Å². The zero-order chi connectivity index (χ0) is 9.80. The van der Waals surface area contributed by atoms with Crippen LogP contribution in [0.25, 0.3) is 0 Å². The van der Waals surface area contributed by atoms with Gasteiger partial charge in [-0.2, -0.15) is 0 Å². The summed E-state index contributed by atoms with van der Waals surface area (Å²) in [5.41, 5.74) is 0. The van der Waals surface area contributed by atoms with E-state index in [1.54, 1.807) is 11.3 Å². The van der Waals surface area contributed by atoms with E-state index in [0.29, 0.717) is 5.15 Å². The standard InChI is InChI=1S/C9H14ClN3S/c10-8-6-14-9(13-8)12-5-7-2-1-3-11-4-7/h6-7,11H,1-5H2,(H,12,13). The van der Waals surface area contributed by atoms with E-state index in [4.69, 9.17) is 11.6 Å². The Labute approximate surface area is 92.9 Å².